The summed E-state index contributed by atoms with van der Waals surface area (Å²) >= 11 is 0. The summed E-state index contributed by atoms with van der Waals surface area (Å²) in [6.07, 6.45) is 3.47. The van der Waals surface area contributed by atoms with E-state index in [1.54, 1.807) is 6.07 Å². The van der Waals surface area contributed by atoms with Gasteiger partial charge in [-0.2, -0.15) is 5.10 Å². The number of nitrogens with zero attached hydrogens (tertiary/aromatic N) is 2. The van der Waals surface area contributed by atoms with Crippen molar-refractivity contribution in [2.45, 2.75) is 51.7 Å². The molecule has 1 aromatic rings. The summed E-state index contributed by atoms with van der Waals surface area (Å²) in [5.74, 6) is -0.522. The van der Waals surface area contributed by atoms with Crippen molar-refractivity contribution in [3.63, 3.8) is 0 Å². The Labute approximate surface area is 133 Å². The summed E-state index contributed by atoms with van der Waals surface area (Å²) in [6.45, 7) is 11.8. The number of aromatic nitrogens is 2. The van der Waals surface area contributed by atoms with Gasteiger partial charge in [0.15, 0.2) is 0 Å². The lowest BCUT2D eigenvalue weighted by Crippen LogP contribution is -2.22. The van der Waals surface area contributed by atoms with Crippen molar-refractivity contribution in [1.29, 1.82) is 0 Å². The maximum Gasteiger partial charge on any atom is 0.354 e. The highest BCUT2D eigenvalue weighted by Crippen LogP contribution is 2.37. The number of ether oxygens (including phenoxy) is 1. The maximum atomic E-state index is 11.4. The van der Waals surface area contributed by atoms with Crippen LogP contribution in [-0.4, -0.2) is 35.5 Å². The number of hydrogen-bond donors (Lipinski definition) is 1. The molecule has 0 saturated heterocycles. The van der Waals surface area contributed by atoms with Gasteiger partial charge in [0.25, 0.3) is 0 Å². The van der Waals surface area contributed by atoms with E-state index in [1.807, 2.05) is 0 Å². The third-order valence-electron chi connectivity index (χ3n) is 4.14. The third-order valence-corrected chi connectivity index (χ3v) is 5.84. The normalized spacial score (nSPS) is 15.6. The van der Waals surface area contributed by atoms with Gasteiger partial charge < -0.3 is 9.84 Å². The lowest BCUT2D eigenvalue weighted by molar-refractivity contribution is 0.0590. The van der Waals surface area contributed by atoms with Crippen LogP contribution in [0.15, 0.2) is 12.6 Å². The van der Waals surface area contributed by atoms with Crippen molar-refractivity contribution in [2.75, 3.05) is 6.61 Å². The number of carboxylic acid groups (broad SMARTS) is 1. The molecule has 1 N–H and O–H groups in total. The molecule has 1 saturated carbocycles. The molecule has 5 nitrogen and oxygen atoms in total. The minimum atomic E-state index is -1.14. The Kier molecular flexibility index (Phi) is 5.23. The molecular formula is C16H26N2O3Si. The lowest BCUT2D eigenvalue weighted by Gasteiger charge is -2.26. The van der Waals surface area contributed by atoms with E-state index in [0.29, 0.717) is 18.2 Å². The van der Waals surface area contributed by atoms with E-state index in [0.717, 1.165) is 24.5 Å². The smallest absolute Gasteiger partial charge is 0.354 e. The SMILES string of the molecule is C=C(c1cc(C(=O)O)n(COCC[Si](C)(C)C)n1)C1CCC1. The second-order valence-electron chi connectivity index (χ2n) is 7.22. The third kappa shape index (κ3) is 4.30. The average Bonchev–Trinajstić information content (AvgIpc) is 2.75. The molecule has 0 unspecified atom stereocenters. The van der Waals surface area contributed by atoms with E-state index in [2.05, 4.69) is 31.3 Å². The summed E-state index contributed by atoms with van der Waals surface area (Å²) in [4.78, 5) is 11.4. The Morgan fingerprint density at radius 2 is 2.18 bits per heavy atom. The standard InChI is InChI=1S/C16H26N2O3Si/c1-12(13-6-5-7-13)14-10-15(16(19)20)18(17-14)11-21-8-9-22(2,3)4/h10,13H,1,5-9,11H2,2-4H3,(H,19,20). The molecular weight excluding hydrogens is 296 g/mol. The Hall–Kier alpha value is -1.40. The zero-order valence-corrected chi connectivity index (χ0v) is 14.8. The minimum Gasteiger partial charge on any atom is -0.477 e. The number of carbonyl (C=O) groups is 1. The van der Waals surface area contributed by atoms with E-state index in [9.17, 15) is 9.90 Å². The molecule has 22 heavy (non-hydrogen) atoms. The number of carboxylic acids is 1. The fourth-order valence-corrected chi connectivity index (χ4v) is 3.10. The number of allylic oxidation sites excluding steroid dienone is 1. The highest BCUT2D eigenvalue weighted by Gasteiger charge is 2.25. The molecule has 1 aromatic heterocycles. The predicted molar refractivity (Wildman–Crippen MR) is 89.7 cm³/mol. The summed E-state index contributed by atoms with van der Waals surface area (Å²) in [7, 11) is -1.14. The van der Waals surface area contributed by atoms with E-state index in [-0.39, 0.29) is 12.4 Å². The molecule has 0 atom stereocenters. The zero-order valence-electron chi connectivity index (χ0n) is 13.8. The fraction of sp³-hybridized carbons (Fsp3) is 0.625. The quantitative estimate of drug-likeness (QED) is 0.585. The Bertz CT molecular complexity index is 556. The van der Waals surface area contributed by atoms with Crippen molar-refractivity contribution in [2.24, 2.45) is 5.92 Å². The van der Waals surface area contributed by atoms with Gasteiger partial charge in [-0.15, -0.1) is 0 Å². The number of rotatable bonds is 8. The molecule has 1 heterocycles. The van der Waals surface area contributed by atoms with Crippen molar-refractivity contribution in [3.05, 3.63) is 24.0 Å². The highest BCUT2D eigenvalue weighted by atomic mass is 28.3. The first kappa shape index (κ1) is 17.0. The van der Waals surface area contributed by atoms with Crippen LogP contribution in [0.2, 0.25) is 25.7 Å². The molecule has 1 aliphatic carbocycles. The van der Waals surface area contributed by atoms with Gasteiger partial charge in [-0.3, -0.25) is 0 Å². The van der Waals surface area contributed by atoms with Crippen molar-refractivity contribution in [1.82, 2.24) is 9.78 Å². The Morgan fingerprint density at radius 3 is 2.68 bits per heavy atom. The van der Waals surface area contributed by atoms with Gasteiger partial charge in [0, 0.05) is 14.7 Å². The van der Waals surface area contributed by atoms with Crippen LogP contribution in [0.1, 0.15) is 35.4 Å². The zero-order chi connectivity index (χ0) is 16.3. The first-order valence-corrected chi connectivity index (χ1v) is 11.6. The van der Waals surface area contributed by atoms with E-state index >= 15 is 0 Å². The summed E-state index contributed by atoms with van der Waals surface area (Å²) < 4.78 is 7.06. The molecule has 1 aliphatic rings. The van der Waals surface area contributed by atoms with E-state index in [4.69, 9.17) is 4.74 Å². The highest BCUT2D eigenvalue weighted by molar-refractivity contribution is 6.76. The van der Waals surface area contributed by atoms with Gasteiger partial charge >= 0.3 is 5.97 Å². The molecule has 0 radical (unpaired) electrons. The van der Waals surface area contributed by atoms with Crippen LogP contribution < -0.4 is 0 Å². The largest absolute Gasteiger partial charge is 0.477 e. The molecule has 2 rings (SSSR count). The van der Waals surface area contributed by atoms with Crippen LogP contribution in [0.3, 0.4) is 0 Å². The molecule has 0 aliphatic heterocycles. The topological polar surface area (TPSA) is 64.3 Å². The van der Waals surface area contributed by atoms with Gasteiger partial charge in [-0.05, 0) is 36.4 Å². The molecule has 0 spiro atoms. The van der Waals surface area contributed by atoms with Gasteiger partial charge in [0.05, 0.1) is 5.69 Å². The molecule has 0 amide bonds. The van der Waals surface area contributed by atoms with E-state index < -0.39 is 14.0 Å². The van der Waals surface area contributed by atoms with Gasteiger partial charge in [-0.25, -0.2) is 9.48 Å². The number of hydrogen-bond acceptors (Lipinski definition) is 3. The first-order valence-electron chi connectivity index (χ1n) is 7.86. The molecule has 122 valence electrons. The minimum absolute atomic E-state index is 0.170. The Morgan fingerprint density at radius 1 is 1.50 bits per heavy atom. The molecule has 0 bridgehead atoms. The van der Waals surface area contributed by atoms with Crippen LogP contribution in [0.4, 0.5) is 0 Å². The summed E-state index contributed by atoms with van der Waals surface area (Å²) in [5.41, 5.74) is 1.81. The monoisotopic (exact) mass is 322 g/mol. The van der Waals surface area contributed by atoms with E-state index in [1.165, 1.54) is 11.1 Å². The van der Waals surface area contributed by atoms with Gasteiger partial charge in [-0.1, -0.05) is 32.6 Å². The molecule has 1 fully saturated rings. The van der Waals surface area contributed by atoms with Crippen molar-refractivity contribution in [3.8, 4) is 0 Å². The lowest BCUT2D eigenvalue weighted by atomic mass is 9.79. The van der Waals surface area contributed by atoms with Crippen LogP contribution in [-0.2, 0) is 11.5 Å². The van der Waals surface area contributed by atoms with Crippen LogP contribution in [0.5, 0.6) is 0 Å². The summed E-state index contributed by atoms with van der Waals surface area (Å²) in [6, 6.07) is 2.67. The van der Waals surface area contributed by atoms with Crippen LogP contribution >= 0.6 is 0 Å². The predicted octanol–water partition coefficient (Wildman–Crippen LogP) is 3.71. The average molecular weight is 322 g/mol. The Balaban J connectivity index is 2.01. The van der Waals surface area contributed by atoms with Crippen LogP contribution in [0.25, 0.3) is 5.57 Å². The second kappa shape index (κ2) is 6.79. The van der Waals surface area contributed by atoms with Gasteiger partial charge in [0.1, 0.15) is 12.4 Å². The molecule has 6 heteroatoms. The second-order valence-corrected chi connectivity index (χ2v) is 12.8. The molecule has 0 aromatic carbocycles. The van der Waals surface area contributed by atoms with Crippen molar-refractivity contribution >= 4 is 19.6 Å². The summed E-state index contributed by atoms with van der Waals surface area (Å²) in [5, 5.41) is 13.7. The fourth-order valence-electron chi connectivity index (χ4n) is 2.34. The van der Waals surface area contributed by atoms with Gasteiger partial charge in [0.2, 0.25) is 0 Å². The van der Waals surface area contributed by atoms with Crippen molar-refractivity contribution < 1.29 is 14.6 Å². The number of aromatic carboxylic acids is 1. The van der Waals surface area contributed by atoms with Crippen LogP contribution in [0, 0.1) is 5.92 Å². The first-order chi connectivity index (χ1) is 10.3. The maximum absolute atomic E-state index is 11.4.